The van der Waals surface area contributed by atoms with Gasteiger partial charge in [0.05, 0.1) is 6.61 Å². The minimum atomic E-state index is -0.412. The molecule has 0 aliphatic carbocycles. The van der Waals surface area contributed by atoms with Crippen molar-refractivity contribution in [1.82, 2.24) is 0 Å². The lowest BCUT2D eigenvalue weighted by atomic mass is 9.91. The molecule has 0 N–H and O–H groups in total. The van der Waals surface area contributed by atoms with Gasteiger partial charge in [0.1, 0.15) is 26.8 Å². The first-order valence-electron chi connectivity index (χ1n) is 3.80. The van der Waals surface area contributed by atoms with Gasteiger partial charge >= 0.3 is 0 Å². The minimum absolute atomic E-state index is 0.160. The van der Waals surface area contributed by atoms with Crippen LogP contribution in [0.15, 0.2) is 0 Å². The van der Waals surface area contributed by atoms with Gasteiger partial charge in [0.25, 0.3) is 0 Å². The zero-order chi connectivity index (χ0) is 8.97. The van der Waals surface area contributed by atoms with Crippen LogP contribution in [0.25, 0.3) is 0 Å². The van der Waals surface area contributed by atoms with E-state index >= 15 is 0 Å². The van der Waals surface area contributed by atoms with Gasteiger partial charge in [-0.15, -0.1) is 0 Å². The van der Waals surface area contributed by atoms with E-state index in [0.717, 1.165) is 0 Å². The predicted octanol–water partition coefficient (Wildman–Crippen LogP) is -0.485. The zero-order valence-electron chi connectivity index (χ0n) is 7.36. The zero-order valence-corrected chi connectivity index (χ0v) is 7.36. The lowest BCUT2D eigenvalue weighted by Crippen LogP contribution is -2.39. The maximum absolute atomic E-state index is 5.60. The highest BCUT2D eigenvalue weighted by atomic mass is 16.7. The lowest BCUT2D eigenvalue weighted by Gasteiger charge is -2.22. The van der Waals surface area contributed by atoms with Crippen LogP contribution in [0.3, 0.4) is 0 Å². The van der Waals surface area contributed by atoms with Gasteiger partial charge in [-0.2, -0.15) is 0 Å². The van der Waals surface area contributed by atoms with Crippen LogP contribution in [0.2, 0.25) is 0 Å². The fourth-order valence-corrected chi connectivity index (χ4v) is 1.17. The predicted molar refractivity (Wildman–Crippen MR) is 43.0 cm³/mol. The average Bonchev–Trinajstić information content (AvgIpc) is 2.47. The van der Waals surface area contributed by atoms with E-state index in [1.165, 1.54) is 0 Å². The van der Waals surface area contributed by atoms with Crippen molar-refractivity contribution < 1.29 is 18.9 Å². The molecule has 0 aromatic rings. The number of hydrogen-bond donors (Lipinski definition) is 0. The monoisotopic (exact) mass is 172 g/mol. The molecule has 0 amide bonds. The van der Waals surface area contributed by atoms with E-state index in [9.17, 15) is 0 Å². The summed E-state index contributed by atoms with van der Waals surface area (Å²) >= 11 is 0. The standard InChI is InChI=1S/C7H13BO4/c1-9-3-5(10-2)6-7(8)12-4-11-6/h5-7H,3-4H2,1-2H3. The van der Waals surface area contributed by atoms with Crippen molar-refractivity contribution in [3.63, 3.8) is 0 Å². The molecule has 1 aliphatic rings. The first-order valence-corrected chi connectivity index (χ1v) is 3.80. The Labute approximate surface area is 73.5 Å². The van der Waals surface area contributed by atoms with Crippen molar-refractivity contribution >= 4 is 7.85 Å². The van der Waals surface area contributed by atoms with Crippen molar-refractivity contribution in [2.45, 2.75) is 18.2 Å². The third-order valence-electron chi connectivity index (χ3n) is 1.84. The van der Waals surface area contributed by atoms with Gasteiger partial charge in [0.2, 0.25) is 0 Å². The van der Waals surface area contributed by atoms with E-state index in [1.54, 1.807) is 14.2 Å². The molecule has 5 heteroatoms. The van der Waals surface area contributed by atoms with Crippen molar-refractivity contribution in [1.29, 1.82) is 0 Å². The molecule has 0 spiro atoms. The second-order valence-electron chi connectivity index (χ2n) is 2.61. The van der Waals surface area contributed by atoms with Crippen LogP contribution in [0.4, 0.5) is 0 Å². The molecular formula is C7H13BO4. The molecule has 12 heavy (non-hydrogen) atoms. The maximum atomic E-state index is 5.60. The van der Waals surface area contributed by atoms with E-state index in [2.05, 4.69) is 0 Å². The Bertz CT molecular complexity index is 133. The van der Waals surface area contributed by atoms with Gasteiger partial charge in [0.15, 0.2) is 0 Å². The normalized spacial score (nSPS) is 32.2. The fourth-order valence-electron chi connectivity index (χ4n) is 1.17. The van der Waals surface area contributed by atoms with E-state index in [4.69, 9.17) is 26.8 Å². The second kappa shape index (κ2) is 4.82. The Morgan fingerprint density at radius 1 is 1.50 bits per heavy atom. The Morgan fingerprint density at radius 3 is 2.67 bits per heavy atom. The minimum Gasteiger partial charge on any atom is -0.382 e. The molecule has 1 aliphatic heterocycles. The highest BCUT2D eigenvalue weighted by Crippen LogP contribution is 2.15. The number of hydrogen-bond acceptors (Lipinski definition) is 4. The van der Waals surface area contributed by atoms with E-state index in [0.29, 0.717) is 6.61 Å². The van der Waals surface area contributed by atoms with Crippen LogP contribution < -0.4 is 0 Å². The molecule has 3 unspecified atom stereocenters. The maximum Gasteiger partial charge on any atom is 0.146 e. The summed E-state index contributed by atoms with van der Waals surface area (Å²) in [5, 5.41) is 0. The van der Waals surface area contributed by atoms with Crippen LogP contribution in [0.5, 0.6) is 0 Å². The van der Waals surface area contributed by atoms with Gasteiger partial charge < -0.3 is 18.9 Å². The lowest BCUT2D eigenvalue weighted by molar-refractivity contribution is -0.0610. The SMILES string of the molecule is [B]C1OCOC1C(COC)OC. The van der Waals surface area contributed by atoms with Crippen molar-refractivity contribution in [3.05, 3.63) is 0 Å². The van der Waals surface area contributed by atoms with Crippen molar-refractivity contribution in [2.75, 3.05) is 27.6 Å². The Kier molecular flexibility index (Phi) is 4.01. The molecular weight excluding hydrogens is 159 g/mol. The summed E-state index contributed by atoms with van der Waals surface area (Å²) in [6, 6.07) is -0.412. The summed E-state index contributed by atoms with van der Waals surface area (Å²) in [6.45, 7) is 0.688. The average molecular weight is 172 g/mol. The van der Waals surface area contributed by atoms with Gasteiger partial charge in [-0.05, 0) is 0 Å². The molecule has 0 saturated carbocycles. The quantitative estimate of drug-likeness (QED) is 0.536. The molecule has 2 radical (unpaired) electrons. The molecule has 68 valence electrons. The second-order valence-corrected chi connectivity index (χ2v) is 2.61. The van der Waals surface area contributed by atoms with Crippen molar-refractivity contribution in [2.24, 2.45) is 0 Å². The number of ether oxygens (including phenoxy) is 4. The molecule has 0 bridgehead atoms. The molecule has 0 aromatic heterocycles. The fraction of sp³-hybridized carbons (Fsp3) is 1.00. The molecule has 0 aromatic carbocycles. The first-order chi connectivity index (χ1) is 5.79. The number of methoxy groups -OCH3 is 2. The third kappa shape index (κ3) is 2.20. The smallest absolute Gasteiger partial charge is 0.146 e. The Hall–Kier alpha value is -0.0951. The van der Waals surface area contributed by atoms with Gasteiger partial charge in [-0.3, -0.25) is 0 Å². The largest absolute Gasteiger partial charge is 0.382 e. The summed E-state index contributed by atoms with van der Waals surface area (Å²) in [7, 11) is 8.80. The van der Waals surface area contributed by atoms with Crippen LogP contribution >= 0.6 is 0 Å². The van der Waals surface area contributed by atoms with Gasteiger partial charge in [0, 0.05) is 20.2 Å². The summed E-state index contributed by atoms with van der Waals surface area (Å²) in [5.41, 5.74) is 0. The first kappa shape index (κ1) is 9.99. The van der Waals surface area contributed by atoms with Gasteiger partial charge in [-0.25, -0.2) is 0 Å². The van der Waals surface area contributed by atoms with Crippen LogP contribution in [-0.4, -0.2) is 53.7 Å². The van der Waals surface area contributed by atoms with Crippen LogP contribution in [0, 0.1) is 0 Å². The molecule has 3 atom stereocenters. The number of rotatable bonds is 4. The molecule has 1 rings (SSSR count). The van der Waals surface area contributed by atoms with E-state index in [1.807, 2.05) is 0 Å². The summed E-state index contributed by atoms with van der Waals surface area (Å²) < 4.78 is 20.3. The summed E-state index contributed by atoms with van der Waals surface area (Å²) in [4.78, 5) is 0. The molecule has 1 saturated heterocycles. The summed E-state index contributed by atoms with van der Waals surface area (Å²) in [6.07, 6.45) is -0.387. The van der Waals surface area contributed by atoms with Crippen LogP contribution in [-0.2, 0) is 18.9 Å². The van der Waals surface area contributed by atoms with E-state index < -0.39 is 6.00 Å². The van der Waals surface area contributed by atoms with Crippen LogP contribution in [0.1, 0.15) is 0 Å². The highest BCUT2D eigenvalue weighted by Gasteiger charge is 2.32. The summed E-state index contributed by atoms with van der Waals surface area (Å²) in [5.74, 6) is 0. The van der Waals surface area contributed by atoms with Gasteiger partial charge in [-0.1, -0.05) is 0 Å². The Morgan fingerprint density at radius 2 is 2.25 bits per heavy atom. The molecule has 1 heterocycles. The molecule has 4 nitrogen and oxygen atoms in total. The highest BCUT2D eigenvalue weighted by molar-refractivity contribution is 6.11. The molecule has 1 fully saturated rings. The Balaban J connectivity index is 2.41. The third-order valence-corrected chi connectivity index (χ3v) is 1.84. The van der Waals surface area contributed by atoms with E-state index in [-0.39, 0.29) is 19.0 Å². The van der Waals surface area contributed by atoms with Crippen molar-refractivity contribution in [3.8, 4) is 0 Å². The topological polar surface area (TPSA) is 36.9 Å².